The van der Waals surface area contributed by atoms with Crippen molar-refractivity contribution in [3.63, 3.8) is 0 Å². The molecular formula is C10H20ClNO2. The molecule has 0 unspecified atom stereocenters. The summed E-state index contributed by atoms with van der Waals surface area (Å²) in [6, 6.07) is 0. The molecule has 0 bridgehead atoms. The Morgan fingerprint density at radius 1 is 1.36 bits per heavy atom. The maximum Gasteiger partial charge on any atom is 0.326 e. The van der Waals surface area contributed by atoms with Gasteiger partial charge >= 0.3 is 5.97 Å². The summed E-state index contributed by atoms with van der Waals surface area (Å²) in [5, 5.41) is 0. The minimum atomic E-state index is -0.606. The van der Waals surface area contributed by atoms with Crippen molar-refractivity contribution < 1.29 is 9.53 Å². The second kappa shape index (κ2) is 6.25. The molecule has 1 aliphatic carbocycles. The van der Waals surface area contributed by atoms with E-state index in [-0.39, 0.29) is 18.4 Å². The summed E-state index contributed by atoms with van der Waals surface area (Å²) in [4.78, 5) is 11.2. The Kier molecular flexibility index (Phi) is 6.12. The van der Waals surface area contributed by atoms with Crippen LogP contribution in [0.25, 0.3) is 0 Å². The van der Waals surface area contributed by atoms with Crippen LogP contribution >= 0.6 is 12.4 Å². The second-order valence-corrected chi connectivity index (χ2v) is 3.85. The minimum Gasteiger partial charge on any atom is -0.464 e. The van der Waals surface area contributed by atoms with Crippen molar-refractivity contribution in [3.05, 3.63) is 0 Å². The van der Waals surface area contributed by atoms with Gasteiger partial charge in [0, 0.05) is 0 Å². The van der Waals surface area contributed by atoms with Crippen LogP contribution < -0.4 is 5.73 Å². The molecule has 0 atom stereocenters. The third-order valence-electron chi connectivity index (χ3n) is 2.43. The van der Waals surface area contributed by atoms with Gasteiger partial charge in [0.15, 0.2) is 0 Å². The molecule has 0 aromatic heterocycles. The number of carbonyl (C=O) groups excluding carboxylic acids is 1. The number of esters is 1. The van der Waals surface area contributed by atoms with E-state index >= 15 is 0 Å². The molecule has 0 aromatic rings. The molecule has 14 heavy (non-hydrogen) atoms. The number of unbranched alkanes of at least 4 members (excludes halogenated alkanes) is 3. The van der Waals surface area contributed by atoms with Crippen molar-refractivity contribution in [1.29, 1.82) is 0 Å². The first-order valence-corrected chi connectivity index (χ1v) is 5.15. The Morgan fingerprint density at radius 2 is 2.00 bits per heavy atom. The van der Waals surface area contributed by atoms with Crippen molar-refractivity contribution in [2.75, 3.05) is 6.61 Å². The van der Waals surface area contributed by atoms with Gasteiger partial charge in [0.2, 0.25) is 0 Å². The van der Waals surface area contributed by atoms with E-state index in [1.807, 2.05) is 0 Å². The molecule has 0 radical (unpaired) electrons. The molecule has 3 nitrogen and oxygen atoms in total. The zero-order valence-corrected chi connectivity index (χ0v) is 9.57. The van der Waals surface area contributed by atoms with Gasteiger partial charge in [0.05, 0.1) is 6.61 Å². The van der Waals surface area contributed by atoms with Crippen molar-refractivity contribution in [2.24, 2.45) is 5.73 Å². The Labute approximate surface area is 91.8 Å². The average molecular weight is 222 g/mol. The Balaban J connectivity index is 0.00000169. The van der Waals surface area contributed by atoms with E-state index in [2.05, 4.69) is 6.92 Å². The first kappa shape index (κ1) is 13.7. The fraction of sp³-hybridized carbons (Fsp3) is 0.900. The maximum atomic E-state index is 11.2. The SMILES string of the molecule is CCCCCCOC(=O)C1(N)CC1.Cl. The lowest BCUT2D eigenvalue weighted by Crippen LogP contribution is -2.34. The van der Waals surface area contributed by atoms with E-state index in [9.17, 15) is 4.79 Å². The predicted octanol–water partition coefficient (Wildman–Crippen LogP) is 2.02. The van der Waals surface area contributed by atoms with Gasteiger partial charge in [0.25, 0.3) is 0 Å². The summed E-state index contributed by atoms with van der Waals surface area (Å²) in [5.41, 5.74) is 5.05. The van der Waals surface area contributed by atoms with Crippen LogP contribution in [0.5, 0.6) is 0 Å². The van der Waals surface area contributed by atoms with Gasteiger partial charge in [0.1, 0.15) is 5.54 Å². The number of rotatable bonds is 6. The van der Waals surface area contributed by atoms with Crippen LogP contribution in [0.2, 0.25) is 0 Å². The van der Waals surface area contributed by atoms with Crippen LogP contribution in [0.15, 0.2) is 0 Å². The molecule has 1 saturated carbocycles. The molecule has 0 amide bonds. The number of halogens is 1. The quantitative estimate of drug-likeness (QED) is 0.552. The standard InChI is InChI=1S/C10H19NO2.ClH/c1-2-3-4-5-8-13-9(12)10(11)6-7-10;/h2-8,11H2,1H3;1H. The van der Waals surface area contributed by atoms with Crippen LogP contribution in [0, 0.1) is 0 Å². The van der Waals surface area contributed by atoms with E-state index in [1.165, 1.54) is 12.8 Å². The van der Waals surface area contributed by atoms with Crippen LogP contribution in [-0.2, 0) is 9.53 Å². The van der Waals surface area contributed by atoms with E-state index in [0.717, 1.165) is 25.7 Å². The minimum absolute atomic E-state index is 0. The highest BCUT2D eigenvalue weighted by molar-refractivity contribution is 5.85. The molecule has 4 heteroatoms. The predicted molar refractivity (Wildman–Crippen MR) is 58.5 cm³/mol. The molecule has 0 saturated heterocycles. The van der Waals surface area contributed by atoms with Crippen molar-refractivity contribution >= 4 is 18.4 Å². The Bertz CT molecular complexity index is 181. The van der Waals surface area contributed by atoms with Crippen molar-refractivity contribution in [1.82, 2.24) is 0 Å². The monoisotopic (exact) mass is 221 g/mol. The summed E-state index contributed by atoms with van der Waals surface area (Å²) < 4.78 is 5.05. The molecule has 84 valence electrons. The van der Waals surface area contributed by atoms with Crippen LogP contribution in [0.4, 0.5) is 0 Å². The van der Waals surface area contributed by atoms with Crippen LogP contribution in [0.3, 0.4) is 0 Å². The van der Waals surface area contributed by atoms with Gasteiger partial charge in [-0.1, -0.05) is 26.2 Å². The Morgan fingerprint density at radius 3 is 2.50 bits per heavy atom. The number of hydrogen-bond donors (Lipinski definition) is 1. The Hall–Kier alpha value is -0.280. The van der Waals surface area contributed by atoms with Gasteiger partial charge in [-0.25, -0.2) is 0 Å². The highest BCUT2D eigenvalue weighted by atomic mass is 35.5. The normalized spacial score (nSPS) is 17.0. The fourth-order valence-corrected chi connectivity index (χ4v) is 1.18. The average Bonchev–Trinajstić information content (AvgIpc) is 2.84. The molecule has 0 aliphatic heterocycles. The summed E-state index contributed by atoms with van der Waals surface area (Å²) in [6.07, 6.45) is 6.11. The van der Waals surface area contributed by atoms with Gasteiger partial charge in [-0.15, -0.1) is 12.4 Å². The second-order valence-electron chi connectivity index (χ2n) is 3.85. The highest BCUT2D eigenvalue weighted by Crippen LogP contribution is 2.33. The number of nitrogens with two attached hydrogens (primary N) is 1. The summed E-state index contributed by atoms with van der Waals surface area (Å²) in [7, 11) is 0. The number of hydrogen-bond acceptors (Lipinski definition) is 3. The highest BCUT2D eigenvalue weighted by Gasteiger charge is 2.47. The van der Waals surface area contributed by atoms with E-state index < -0.39 is 5.54 Å². The van der Waals surface area contributed by atoms with Gasteiger partial charge < -0.3 is 10.5 Å². The first-order chi connectivity index (χ1) is 6.19. The summed E-state index contributed by atoms with van der Waals surface area (Å²) in [6.45, 7) is 2.70. The van der Waals surface area contributed by atoms with Gasteiger partial charge in [-0.05, 0) is 19.3 Å². The molecule has 1 rings (SSSR count). The smallest absolute Gasteiger partial charge is 0.326 e. The number of carbonyl (C=O) groups is 1. The first-order valence-electron chi connectivity index (χ1n) is 5.15. The van der Waals surface area contributed by atoms with Crippen LogP contribution in [0.1, 0.15) is 45.4 Å². The van der Waals surface area contributed by atoms with Crippen LogP contribution in [-0.4, -0.2) is 18.1 Å². The molecule has 0 aromatic carbocycles. The maximum absolute atomic E-state index is 11.2. The number of ether oxygens (including phenoxy) is 1. The molecule has 1 aliphatic rings. The molecule has 0 heterocycles. The third-order valence-corrected chi connectivity index (χ3v) is 2.43. The zero-order valence-electron chi connectivity index (χ0n) is 8.75. The molecule has 1 fully saturated rings. The van der Waals surface area contributed by atoms with Crippen molar-refractivity contribution in [2.45, 2.75) is 51.0 Å². The fourth-order valence-electron chi connectivity index (χ4n) is 1.18. The molecular weight excluding hydrogens is 202 g/mol. The lowest BCUT2D eigenvalue weighted by Gasteiger charge is -2.08. The van der Waals surface area contributed by atoms with Crippen molar-refractivity contribution in [3.8, 4) is 0 Å². The lowest BCUT2D eigenvalue weighted by atomic mass is 10.2. The van der Waals surface area contributed by atoms with Gasteiger partial charge in [-0.3, -0.25) is 4.79 Å². The summed E-state index contributed by atoms with van der Waals surface area (Å²) in [5.74, 6) is -0.205. The topological polar surface area (TPSA) is 52.3 Å². The molecule has 0 spiro atoms. The lowest BCUT2D eigenvalue weighted by molar-refractivity contribution is -0.146. The van der Waals surface area contributed by atoms with Gasteiger partial charge in [-0.2, -0.15) is 0 Å². The van der Waals surface area contributed by atoms with E-state index in [4.69, 9.17) is 10.5 Å². The largest absolute Gasteiger partial charge is 0.464 e. The summed E-state index contributed by atoms with van der Waals surface area (Å²) >= 11 is 0. The van der Waals surface area contributed by atoms with E-state index in [0.29, 0.717) is 6.61 Å². The zero-order chi connectivity index (χ0) is 9.73. The third kappa shape index (κ3) is 4.29. The van der Waals surface area contributed by atoms with E-state index in [1.54, 1.807) is 0 Å². The molecule has 2 N–H and O–H groups in total.